The third-order valence-corrected chi connectivity index (χ3v) is 3.46. The molecule has 0 saturated carbocycles. The van der Waals surface area contributed by atoms with Crippen molar-refractivity contribution in [1.82, 2.24) is 0 Å². The van der Waals surface area contributed by atoms with Gasteiger partial charge in [-0.25, -0.2) is 0 Å². The molecule has 0 radical (unpaired) electrons. The molecule has 2 rings (SSSR count). The van der Waals surface area contributed by atoms with E-state index in [9.17, 15) is 14.4 Å². The summed E-state index contributed by atoms with van der Waals surface area (Å²) in [7, 11) is 0. The second kappa shape index (κ2) is 8.63. The van der Waals surface area contributed by atoms with Crippen LogP contribution in [0.25, 0.3) is 0 Å². The lowest BCUT2D eigenvalue weighted by atomic mass is 10.1. The first kappa shape index (κ1) is 18.2. The zero-order valence-electron chi connectivity index (χ0n) is 14.3. The molecule has 2 aromatic carbocycles. The van der Waals surface area contributed by atoms with Gasteiger partial charge in [0.1, 0.15) is 6.42 Å². The lowest BCUT2D eigenvalue weighted by Gasteiger charge is -2.10. The Hall–Kier alpha value is -3.15. The molecule has 0 aliphatic rings. The Balaban J connectivity index is 1.93. The van der Waals surface area contributed by atoms with Gasteiger partial charge in [0.15, 0.2) is 0 Å². The first-order valence-corrected chi connectivity index (χ1v) is 8.03. The van der Waals surface area contributed by atoms with Crippen LogP contribution < -0.4 is 16.0 Å². The Morgan fingerprint density at radius 1 is 0.840 bits per heavy atom. The van der Waals surface area contributed by atoms with E-state index in [1.165, 1.54) is 6.92 Å². The Labute approximate surface area is 146 Å². The van der Waals surface area contributed by atoms with Crippen LogP contribution in [0.3, 0.4) is 0 Å². The molecular weight excluding hydrogens is 318 g/mol. The molecule has 0 atom stereocenters. The van der Waals surface area contributed by atoms with Crippen LogP contribution >= 0.6 is 0 Å². The van der Waals surface area contributed by atoms with Gasteiger partial charge in [-0.15, -0.1) is 0 Å². The number of nitrogens with one attached hydrogen (secondary N) is 3. The van der Waals surface area contributed by atoms with Crippen molar-refractivity contribution in [2.75, 3.05) is 16.0 Å². The molecule has 6 heteroatoms. The van der Waals surface area contributed by atoms with Gasteiger partial charge in [-0.3, -0.25) is 14.4 Å². The molecular formula is C19H21N3O3. The van der Waals surface area contributed by atoms with Gasteiger partial charge in [0.05, 0.1) is 0 Å². The van der Waals surface area contributed by atoms with E-state index < -0.39 is 5.91 Å². The summed E-state index contributed by atoms with van der Waals surface area (Å²) >= 11 is 0. The van der Waals surface area contributed by atoms with Crippen molar-refractivity contribution in [3.8, 4) is 0 Å². The number of benzene rings is 2. The topological polar surface area (TPSA) is 87.3 Å². The normalized spacial score (nSPS) is 10.0. The lowest BCUT2D eigenvalue weighted by molar-refractivity contribution is -0.123. The predicted octanol–water partition coefficient (Wildman–Crippen LogP) is 3.17. The summed E-state index contributed by atoms with van der Waals surface area (Å²) in [6.07, 6.45) is 0.501. The highest BCUT2D eigenvalue weighted by molar-refractivity contribution is 6.08. The van der Waals surface area contributed by atoms with Crippen LogP contribution in [-0.4, -0.2) is 17.7 Å². The summed E-state index contributed by atoms with van der Waals surface area (Å²) in [6.45, 7) is 3.41. The largest absolute Gasteiger partial charge is 0.326 e. The molecule has 0 fully saturated rings. The molecule has 6 nitrogen and oxygen atoms in total. The zero-order chi connectivity index (χ0) is 18.2. The highest BCUT2D eigenvalue weighted by Crippen LogP contribution is 2.17. The fourth-order valence-electron chi connectivity index (χ4n) is 2.37. The minimum atomic E-state index is -0.425. The molecule has 3 N–H and O–H groups in total. The van der Waals surface area contributed by atoms with E-state index in [0.29, 0.717) is 11.4 Å². The third-order valence-electron chi connectivity index (χ3n) is 3.46. The van der Waals surface area contributed by atoms with Crippen LogP contribution in [0.2, 0.25) is 0 Å². The summed E-state index contributed by atoms with van der Waals surface area (Å²) in [5.74, 6) is -1.000. The molecule has 130 valence electrons. The van der Waals surface area contributed by atoms with Crippen molar-refractivity contribution in [2.45, 2.75) is 26.7 Å². The molecule has 0 spiro atoms. The summed E-state index contributed by atoms with van der Waals surface area (Å²) in [5.41, 5.74) is 2.82. The Morgan fingerprint density at radius 2 is 1.48 bits per heavy atom. The number of para-hydroxylation sites is 1. The molecule has 0 unspecified atom stereocenters. The van der Waals surface area contributed by atoms with Crippen LogP contribution in [0.4, 0.5) is 17.1 Å². The van der Waals surface area contributed by atoms with E-state index in [1.807, 2.05) is 31.2 Å². The Morgan fingerprint density at radius 3 is 2.16 bits per heavy atom. The van der Waals surface area contributed by atoms with Crippen LogP contribution in [0.5, 0.6) is 0 Å². The number of anilines is 3. The second-order valence-electron chi connectivity index (χ2n) is 5.55. The average Bonchev–Trinajstić information content (AvgIpc) is 2.54. The molecule has 0 aliphatic carbocycles. The summed E-state index contributed by atoms with van der Waals surface area (Å²) < 4.78 is 0. The van der Waals surface area contributed by atoms with E-state index >= 15 is 0 Å². The fraction of sp³-hybridized carbons (Fsp3) is 0.211. The van der Waals surface area contributed by atoms with Crippen molar-refractivity contribution < 1.29 is 14.4 Å². The Kier molecular flexibility index (Phi) is 6.28. The van der Waals surface area contributed by atoms with Crippen molar-refractivity contribution in [1.29, 1.82) is 0 Å². The van der Waals surface area contributed by atoms with E-state index in [1.54, 1.807) is 24.3 Å². The SMILES string of the molecule is CCc1ccccc1NC(=O)CC(=O)Nc1cccc(NC(C)=O)c1. The summed E-state index contributed by atoms with van der Waals surface area (Å²) in [4.78, 5) is 35.2. The smallest absolute Gasteiger partial charge is 0.233 e. The predicted molar refractivity (Wildman–Crippen MR) is 98.4 cm³/mol. The molecule has 2 aromatic rings. The first-order valence-electron chi connectivity index (χ1n) is 8.03. The first-order chi connectivity index (χ1) is 12.0. The number of amides is 3. The maximum atomic E-state index is 12.1. The highest BCUT2D eigenvalue weighted by Gasteiger charge is 2.11. The number of hydrogen-bond donors (Lipinski definition) is 3. The summed E-state index contributed by atoms with van der Waals surface area (Å²) in [5, 5.41) is 8.04. The fourth-order valence-corrected chi connectivity index (χ4v) is 2.37. The van der Waals surface area contributed by atoms with Crippen molar-refractivity contribution in [2.24, 2.45) is 0 Å². The zero-order valence-corrected chi connectivity index (χ0v) is 14.3. The Bertz CT molecular complexity index is 787. The molecule has 0 bridgehead atoms. The maximum absolute atomic E-state index is 12.1. The maximum Gasteiger partial charge on any atom is 0.233 e. The number of carbonyl (C=O) groups excluding carboxylic acids is 3. The molecule has 0 aliphatic heterocycles. The van der Waals surface area contributed by atoms with Crippen LogP contribution in [0, 0.1) is 0 Å². The molecule has 0 aromatic heterocycles. The molecule has 0 heterocycles. The number of rotatable bonds is 6. The summed E-state index contributed by atoms with van der Waals surface area (Å²) in [6, 6.07) is 14.2. The van der Waals surface area contributed by atoms with Gasteiger partial charge in [0, 0.05) is 24.0 Å². The minimum absolute atomic E-state index is 0.197. The van der Waals surface area contributed by atoms with E-state index in [2.05, 4.69) is 16.0 Å². The lowest BCUT2D eigenvalue weighted by Crippen LogP contribution is -2.22. The van der Waals surface area contributed by atoms with Gasteiger partial charge in [0.25, 0.3) is 0 Å². The molecule has 3 amide bonds. The average molecular weight is 339 g/mol. The van der Waals surface area contributed by atoms with Crippen LogP contribution in [0.15, 0.2) is 48.5 Å². The molecule has 25 heavy (non-hydrogen) atoms. The minimum Gasteiger partial charge on any atom is -0.326 e. The quantitative estimate of drug-likeness (QED) is 0.706. The number of aryl methyl sites for hydroxylation is 1. The van der Waals surface area contributed by atoms with Crippen molar-refractivity contribution in [3.63, 3.8) is 0 Å². The number of hydrogen-bond acceptors (Lipinski definition) is 3. The standard InChI is InChI=1S/C19H21N3O3/c1-3-14-7-4-5-10-17(14)22-19(25)12-18(24)21-16-9-6-8-15(11-16)20-13(2)23/h4-11H,3,12H2,1-2H3,(H,20,23)(H,21,24)(H,22,25). The van der Waals surface area contributed by atoms with Gasteiger partial charge in [-0.2, -0.15) is 0 Å². The van der Waals surface area contributed by atoms with Gasteiger partial charge >= 0.3 is 0 Å². The van der Waals surface area contributed by atoms with Crippen molar-refractivity contribution >= 4 is 34.8 Å². The second-order valence-corrected chi connectivity index (χ2v) is 5.55. The van der Waals surface area contributed by atoms with Crippen LogP contribution in [-0.2, 0) is 20.8 Å². The van der Waals surface area contributed by atoms with E-state index in [-0.39, 0.29) is 18.2 Å². The van der Waals surface area contributed by atoms with Gasteiger partial charge in [0.2, 0.25) is 17.7 Å². The van der Waals surface area contributed by atoms with Gasteiger partial charge < -0.3 is 16.0 Å². The number of carbonyl (C=O) groups is 3. The third kappa shape index (κ3) is 5.76. The van der Waals surface area contributed by atoms with E-state index in [4.69, 9.17) is 0 Å². The van der Waals surface area contributed by atoms with Crippen molar-refractivity contribution in [3.05, 3.63) is 54.1 Å². The van der Waals surface area contributed by atoms with E-state index in [0.717, 1.165) is 17.7 Å². The van der Waals surface area contributed by atoms with Gasteiger partial charge in [-0.05, 0) is 36.2 Å². The van der Waals surface area contributed by atoms with Crippen LogP contribution in [0.1, 0.15) is 25.8 Å². The van der Waals surface area contributed by atoms with Gasteiger partial charge in [-0.1, -0.05) is 31.2 Å². The molecule has 0 saturated heterocycles. The highest BCUT2D eigenvalue weighted by atomic mass is 16.2. The monoisotopic (exact) mass is 339 g/mol.